The van der Waals surface area contributed by atoms with Crippen molar-refractivity contribution in [1.29, 1.82) is 0 Å². The molecule has 1 aromatic rings. The van der Waals surface area contributed by atoms with Crippen LogP contribution in [0.2, 0.25) is 0 Å². The quantitative estimate of drug-likeness (QED) is 0.678. The molecule has 0 unspecified atom stereocenters. The van der Waals surface area contributed by atoms with E-state index in [1.54, 1.807) is 18.0 Å². The lowest BCUT2D eigenvalue weighted by Crippen LogP contribution is -2.04. The third-order valence-electron chi connectivity index (χ3n) is 2.00. The van der Waals surface area contributed by atoms with Crippen molar-refractivity contribution >= 4 is 10.1 Å². The van der Waals surface area contributed by atoms with Crippen molar-refractivity contribution in [3.05, 3.63) is 17.5 Å². The Balaban J connectivity index is 2.63. The molecule has 0 N–H and O–H groups in total. The van der Waals surface area contributed by atoms with Crippen molar-refractivity contribution in [3.8, 4) is 0 Å². The summed E-state index contributed by atoms with van der Waals surface area (Å²) in [6, 6.07) is 0. The van der Waals surface area contributed by atoms with Gasteiger partial charge in [0.05, 0.1) is 31.7 Å². The topological polar surface area (TPSA) is 70.4 Å². The van der Waals surface area contributed by atoms with E-state index in [-0.39, 0.29) is 6.61 Å². The first kappa shape index (κ1) is 13.1. The lowest BCUT2D eigenvalue weighted by atomic mass is 10.3. The number of aryl methyl sites for hydroxylation is 1. The summed E-state index contributed by atoms with van der Waals surface area (Å²) in [5.74, 6) is 0. The molecule has 0 fully saturated rings. The zero-order valence-corrected chi connectivity index (χ0v) is 10.5. The lowest BCUT2D eigenvalue weighted by Gasteiger charge is -1.99. The standard InChI is InChI=1S/C9H16N2O4S/c1-8-9(7-15-16(3,12)13)6-11(10-8)4-5-14-2/h6H,4-5,7H2,1-3H3. The fourth-order valence-corrected chi connectivity index (χ4v) is 1.51. The molecule has 1 rings (SSSR count). The number of hydrogen-bond acceptors (Lipinski definition) is 5. The predicted molar refractivity (Wildman–Crippen MR) is 58.5 cm³/mol. The van der Waals surface area contributed by atoms with Crippen LogP contribution in [0.25, 0.3) is 0 Å². The molecule has 0 radical (unpaired) electrons. The van der Waals surface area contributed by atoms with Crippen LogP contribution in [-0.2, 0) is 32.2 Å². The molecule has 0 spiro atoms. The maximum Gasteiger partial charge on any atom is 0.264 e. The van der Waals surface area contributed by atoms with Gasteiger partial charge in [-0.25, -0.2) is 0 Å². The molecule has 16 heavy (non-hydrogen) atoms. The molecule has 7 heteroatoms. The van der Waals surface area contributed by atoms with E-state index >= 15 is 0 Å². The van der Waals surface area contributed by atoms with Crippen molar-refractivity contribution in [2.24, 2.45) is 0 Å². The average Bonchev–Trinajstić information content (AvgIpc) is 2.52. The summed E-state index contributed by atoms with van der Waals surface area (Å²) in [5, 5.41) is 4.21. The van der Waals surface area contributed by atoms with E-state index in [0.29, 0.717) is 13.2 Å². The highest BCUT2D eigenvalue weighted by atomic mass is 32.2. The van der Waals surface area contributed by atoms with E-state index in [4.69, 9.17) is 8.92 Å². The predicted octanol–water partition coefficient (Wildman–Crippen LogP) is 0.314. The van der Waals surface area contributed by atoms with Gasteiger partial charge in [0.15, 0.2) is 0 Å². The molecule has 0 amide bonds. The highest BCUT2D eigenvalue weighted by Crippen LogP contribution is 2.08. The third kappa shape index (κ3) is 4.30. The Kier molecular flexibility index (Phi) is 4.45. The number of ether oxygens (including phenoxy) is 1. The van der Waals surface area contributed by atoms with Gasteiger partial charge < -0.3 is 4.74 Å². The minimum absolute atomic E-state index is 0.0254. The highest BCUT2D eigenvalue weighted by molar-refractivity contribution is 7.85. The van der Waals surface area contributed by atoms with Crippen LogP contribution >= 0.6 is 0 Å². The fraction of sp³-hybridized carbons (Fsp3) is 0.667. The van der Waals surface area contributed by atoms with E-state index in [9.17, 15) is 8.42 Å². The second-order valence-corrected chi connectivity index (χ2v) is 5.11. The highest BCUT2D eigenvalue weighted by Gasteiger charge is 2.08. The summed E-state index contributed by atoms with van der Waals surface area (Å²) < 4.78 is 33.0. The summed E-state index contributed by atoms with van der Waals surface area (Å²) in [6.07, 6.45) is 2.79. The van der Waals surface area contributed by atoms with Crippen LogP contribution in [0, 0.1) is 6.92 Å². The largest absolute Gasteiger partial charge is 0.383 e. The van der Waals surface area contributed by atoms with Crippen LogP contribution in [0.15, 0.2) is 6.20 Å². The molecule has 1 heterocycles. The summed E-state index contributed by atoms with van der Waals surface area (Å²) in [7, 11) is -1.79. The molecular formula is C9H16N2O4S. The second kappa shape index (κ2) is 5.42. The third-order valence-corrected chi connectivity index (χ3v) is 2.55. The molecule has 0 saturated carbocycles. The summed E-state index contributed by atoms with van der Waals surface area (Å²) in [5.41, 5.74) is 1.53. The minimum Gasteiger partial charge on any atom is -0.383 e. The first-order valence-electron chi connectivity index (χ1n) is 4.78. The normalized spacial score (nSPS) is 11.9. The molecule has 0 aromatic carbocycles. The van der Waals surface area contributed by atoms with Gasteiger partial charge in [-0.05, 0) is 6.92 Å². The van der Waals surface area contributed by atoms with Crippen LogP contribution in [-0.4, -0.2) is 38.2 Å². The fourth-order valence-electron chi connectivity index (χ4n) is 1.17. The number of methoxy groups -OCH3 is 1. The van der Waals surface area contributed by atoms with E-state index < -0.39 is 10.1 Å². The minimum atomic E-state index is -3.41. The number of hydrogen-bond donors (Lipinski definition) is 0. The number of aromatic nitrogens is 2. The monoisotopic (exact) mass is 248 g/mol. The SMILES string of the molecule is COCCn1cc(COS(C)(=O)=O)c(C)n1. The Bertz CT molecular complexity index is 438. The van der Waals surface area contributed by atoms with Gasteiger partial charge in [0, 0.05) is 18.9 Å². The van der Waals surface area contributed by atoms with Crippen LogP contribution in [0.5, 0.6) is 0 Å². The van der Waals surface area contributed by atoms with Gasteiger partial charge in [0.25, 0.3) is 10.1 Å². The summed E-state index contributed by atoms with van der Waals surface area (Å²) in [6.45, 7) is 3.03. The second-order valence-electron chi connectivity index (χ2n) is 3.46. The van der Waals surface area contributed by atoms with E-state index in [1.165, 1.54) is 0 Å². The first-order valence-corrected chi connectivity index (χ1v) is 6.60. The van der Waals surface area contributed by atoms with Crippen molar-refractivity contribution in [3.63, 3.8) is 0 Å². The molecule has 0 bridgehead atoms. The van der Waals surface area contributed by atoms with Crippen LogP contribution in [0.1, 0.15) is 11.3 Å². The Morgan fingerprint density at radius 2 is 2.19 bits per heavy atom. The van der Waals surface area contributed by atoms with Gasteiger partial charge >= 0.3 is 0 Å². The number of nitrogens with zero attached hydrogens (tertiary/aromatic N) is 2. The van der Waals surface area contributed by atoms with Gasteiger partial charge in [-0.3, -0.25) is 8.86 Å². The zero-order valence-electron chi connectivity index (χ0n) is 9.63. The molecule has 6 nitrogen and oxygen atoms in total. The van der Waals surface area contributed by atoms with Gasteiger partial charge in [-0.1, -0.05) is 0 Å². The van der Waals surface area contributed by atoms with E-state index in [1.807, 2.05) is 6.92 Å². The van der Waals surface area contributed by atoms with Gasteiger partial charge in [0.1, 0.15) is 0 Å². The summed E-state index contributed by atoms with van der Waals surface area (Å²) in [4.78, 5) is 0. The molecule has 0 atom stereocenters. The van der Waals surface area contributed by atoms with Crippen molar-refractivity contribution in [2.75, 3.05) is 20.0 Å². The van der Waals surface area contributed by atoms with Crippen molar-refractivity contribution in [2.45, 2.75) is 20.1 Å². The molecule has 1 aromatic heterocycles. The Labute approximate surface area is 95.3 Å². The van der Waals surface area contributed by atoms with Crippen LogP contribution < -0.4 is 0 Å². The maximum atomic E-state index is 10.8. The Morgan fingerprint density at radius 3 is 2.75 bits per heavy atom. The lowest BCUT2D eigenvalue weighted by molar-refractivity contribution is 0.183. The van der Waals surface area contributed by atoms with E-state index in [2.05, 4.69) is 5.10 Å². The maximum absolute atomic E-state index is 10.8. The van der Waals surface area contributed by atoms with Gasteiger partial charge in [-0.15, -0.1) is 0 Å². The van der Waals surface area contributed by atoms with Gasteiger partial charge in [0.2, 0.25) is 0 Å². The molecule has 0 aliphatic rings. The molecule has 0 aliphatic carbocycles. The van der Waals surface area contributed by atoms with E-state index in [0.717, 1.165) is 17.5 Å². The molecule has 0 saturated heterocycles. The first-order chi connectivity index (χ1) is 7.42. The van der Waals surface area contributed by atoms with Gasteiger partial charge in [-0.2, -0.15) is 13.5 Å². The van der Waals surface area contributed by atoms with Crippen molar-refractivity contribution < 1.29 is 17.3 Å². The van der Waals surface area contributed by atoms with Crippen LogP contribution in [0.3, 0.4) is 0 Å². The number of rotatable bonds is 6. The Morgan fingerprint density at radius 1 is 1.50 bits per heavy atom. The summed E-state index contributed by atoms with van der Waals surface area (Å²) >= 11 is 0. The zero-order chi connectivity index (χ0) is 12.2. The molecule has 92 valence electrons. The average molecular weight is 248 g/mol. The van der Waals surface area contributed by atoms with Crippen LogP contribution in [0.4, 0.5) is 0 Å². The smallest absolute Gasteiger partial charge is 0.264 e. The molecular weight excluding hydrogens is 232 g/mol. The Hall–Kier alpha value is -0.920. The van der Waals surface area contributed by atoms with Crippen molar-refractivity contribution in [1.82, 2.24) is 9.78 Å². The molecule has 0 aliphatic heterocycles.